The summed E-state index contributed by atoms with van der Waals surface area (Å²) in [5.41, 5.74) is 1.15. The molecule has 1 aliphatic rings. The van der Waals surface area contributed by atoms with Crippen LogP contribution in [0.1, 0.15) is 26.8 Å². The molecule has 0 saturated carbocycles. The standard InChI is InChI=1S/C24H15BrFN3O3S3/c25-15-7-3-6-13(11-15)19-18(20(30)17-9-4-10-33-17)21(31)22(32)29(19)23-27-28-24(35-23)34-12-14-5-1-2-8-16(14)26/h1-11,19,31H,12H2. The molecule has 1 N–H and O–H groups in total. The quantitative estimate of drug-likeness (QED) is 0.149. The summed E-state index contributed by atoms with van der Waals surface area (Å²) in [4.78, 5) is 28.3. The highest BCUT2D eigenvalue weighted by Gasteiger charge is 2.46. The molecule has 0 radical (unpaired) electrons. The molecule has 0 bridgehead atoms. The van der Waals surface area contributed by atoms with Gasteiger partial charge in [-0.2, -0.15) is 0 Å². The number of ketones is 1. The summed E-state index contributed by atoms with van der Waals surface area (Å²) >= 11 is 7.11. The van der Waals surface area contributed by atoms with Gasteiger partial charge in [-0.05, 0) is 40.8 Å². The van der Waals surface area contributed by atoms with E-state index in [1.807, 2.05) is 6.07 Å². The smallest absolute Gasteiger partial charge is 0.296 e. The molecule has 1 atom stereocenters. The third kappa shape index (κ3) is 4.68. The Balaban J connectivity index is 1.50. The topological polar surface area (TPSA) is 83.4 Å². The van der Waals surface area contributed by atoms with Crippen molar-refractivity contribution in [3.05, 3.63) is 104 Å². The van der Waals surface area contributed by atoms with Crippen LogP contribution < -0.4 is 4.90 Å². The second kappa shape index (κ2) is 10.0. The lowest BCUT2D eigenvalue weighted by Crippen LogP contribution is -2.31. The maximum atomic E-state index is 14.0. The Kier molecular flexibility index (Phi) is 6.83. The van der Waals surface area contributed by atoms with Crippen LogP contribution in [0.3, 0.4) is 0 Å². The molecule has 1 amide bonds. The van der Waals surface area contributed by atoms with Crippen molar-refractivity contribution in [3.63, 3.8) is 0 Å². The molecule has 6 nitrogen and oxygen atoms in total. The minimum Gasteiger partial charge on any atom is -0.503 e. The molecule has 176 valence electrons. The number of aliphatic hydroxyl groups excluding tert-OH is 1. The minimum atomic E-state index is -0.882. The number of thiophene rings is 1. The molecule has 5 rings (SSSR count). The first-order valence-electron chi connectivity index (χ1n) is 10.2. The molecule has 2 aromatic carbocycles. The Morgan fingerprint density at radius 2 is 1.97 bits per heavy atom. The Labute approximate surface area is 220 Å². The van der Waals surface area contributed by atoms with Crippen LogP contribution in [0.25, 0.3) is 0 Å². The lowest BCUT2D eigenvalue weighted by molar-refractivity contribution is -0.117. The van der Waals surface area contributed by atoms with E-state index in [2.05, 4.69) is 26.1 Å². The minimum absolute atomic E-state index is 0.00805. The fourth-order valence-corrected chi connectivity index (χ4v) is 6.63. The predicted molar refractivity (Wildman–Crippen MR) is 139 cm³/mol. The molecule has 0 spiro atoms. The van der Waals surface area contributed by atoms with Crippen molar-refractivity contribution in [2.45, 2.75) is 16.1 Å². The molecule has 35 heavy (non-hydrogen) atoms. The summed E-state index contributed by atoms with van der Waals surface area (Å²) in [6.45, 7) is 0. The molecular weight excluding hydrogens is 573 g/mol. The third-order valence-electron chi connectivity index (χ3n) is 5.27. The number of rotatable bonds is 7. The summed E-state index contributed by atoms with van der Waals surface area (Å²) in [7, 11) is 0. The maximum Gasteiger partial charge on any atom is 0.296 e. The van der Waals surface area contributed by atoms with Crippen molar-refractivity contribution in [2.24, 2.45) is 0 Å². The van der Waals surface area contributed by atoms with Crippen molar-refractivity contribution in [1.29, 1.82) is 0 Å². The molecule has 1 unspecified atom stereocenters. The first-order valence-corrected chi connectivity index (χ1v) is 13.7. The molecular formula is C24H15BrFN3O3S3. The van der Waals surface area contributed by atoms with E-state index < -0.39 is 23.5 Å². The van der Waals surface area contributed by atoms with Crippen LogP contribution in [0.5, 0.6) is 0 Å². The van der Waals surface area contributed by atoms with Gasteiger partial charge in [-0.3, -0.25) is 14.5 Å². The van der Waals surface area contributed by atoms with Gasteiger partial charge in [0.25, 0.3) is 5.91 Å². The van der Waals surface area contributed by atoms with Crippen LogP contribution >= 0.6 is 50.4 Å². The van der Waals surface area contributed by atoms with E-state index in [0.29, 0.717) is 26.1 Å². The van der Waals surface area contributed by atoms with E-state index in [1.165, 1.54) is 34.1 Å². The number of anilines is 1. The van der Waals surface area contributed by atoms with Crippen LogP contribution in [0.15, 0.2) is 86.2 Å². The van der Waals surface area contributed by atoms with Crippen LogP contribution in [0.4, 0.5) is 9.52 Å². The number of hydrogen-bond donors (Lipinski definition) is 1. The molecule has 0 saturated heterocycles. The number of Topliss-reactive ketones (excluding diaryl/α,β-unsaturated/α-hetero) is 1. The summed E-state index contributed by atoms with van der Waals surface area (Å²) in [5.74, 6) is -1.71. The van der Waals surface area contributed by atoms with Crippen molar-refractivity contribution >= 4 is 67.2 Å². The fourth-order valence-electron chi connectivity index (χ4n) is 3.68. The molecule has 4 aromatic rings. The largest absolute Gasteiger partial charge is 0.503 e. The fraction of sp³-hybridized carbons (Fsp3) is 0.0833. The van der Waals surface area contributed by atoms with Crippen LogP contribution in [0.2, 0.25) is 0 Å². The van der Waals surface area contributed by atoms with Crippen molar-refractivity contribution in [1.82, 2.24) is 10.2 Å². The molecule has 2 aromatic heterocycles. The lowest BCUT2D eigenvalue weighted by atomic mass is 9.96. The van der Waals surface area contributed by atoms with Crippen LogP contribution in [-0.4, -0.2) is 27.0 Å². The van der Waals surface area contributed by atoms with Gasteiger partial charge in [-0.15, -0.1) is 21.5 Å². The summed E-state index contributed by atoms with van der Waals surface area (Å²) in [6.07, 6.45) is 0. The highest BCUT2D eigenvalue weighted by Crippen LogP contribution is 2.44. The zero-order valence-corrected chi connectivity index (χ0v) is 21.8. The van der Waals surface area contributed by atoms with Crippen molar-refractivity contribution in [3.8, 4) is 0 Å². The number of benzene rings is 2. The number of carbonyl (C=O) groups excluding carboxylic acids is 2. The number of aromatic nitrogens is 2. The molecule has 0 aliphatic carbocycles. The number of nitrogens with zero attached hydrogens (tertiary/aromatic N) is 3. The highest BCUT2D eigenvalue weighted by molar-refractivity contribution is 9.10. The number of aliphatic hydroxyl groups is 1. The van der Waals surface area contributed by atoms with Gasteiger partial charge in [-0.1, -0.05) is 75.4 Å². The van der Waals surface area contributed by atoms with E-state index >= 15 is 0 Å². The lowest BCUT2D eigenvalue weighted by Gasteiger charge is -2.24. The van der Waals surface area contributed by atoms with Gasteiger partial charge in [0.05, 0.1) is 16.5 Å². The first-order chi connectivity index (χ1) is 16.9. The second-order valence-corrected chi connectivity index (χ2v) is 11.5. The van der Waals surface area contributed by atoms with Crippen LogP contribution in [-0.2, 0) is 10.5 Å². The number of thioether (sulfide) groups is 1. The third-order valence-corrected chi connectivity index (χ3v) is 8.74. The van der Waals surface area contributed by atoms with Gasteiger partial charge < -0.3 is 5.11 Å². The van der Waals surface area contributed by atoms with Gasteiger partial charge in [0.1, 0.15) is 5.82 Å². The van der Waals surface area contributed by atoms with E-state index in [0.717, 1.165) is 15.8 Å². The van der Waals surface area contributed by atoms with Crippen molar-refractivity contribution < 1.29 is 19.1 Å². The Morgan fingerprint density at radius 3 is 2.71 bits per heavy atom. The van der Waals surface area contributed by atoms with Gasteiger partial charge in [-0.25, -0.2) is 4.39 Å². The number of amides is 1. The number of halogens is 2. The second-order valence-electron chi connectivity index (χ2n) is 7.43. The normalized spacial score (nSPS) is 15.8. The Morgan fingerprint density at radius 1 is 1.14 bits per heavy atom. The van der Waals surface area contributed by atoms with E-state index in [4.69, 9.17) is 0 Å². The van der Waals surface area contributed by atoms with Gasteiger partial charge >= 0.3 is 0 Å². The SMILES string of the molecule is O=C(C1=C(O)C(=O)N(c2nnc(SCc3ccccc3F)s2)C1c1cccc(Br)c1)c1cccs1. The van der Waals surface area contributed by atoms with Crippen LogP contribution in [0, 0.1) is 5.82 Å². The zero-order chi connectivity index (χ0) is 24.5. The Bertz CT molecular complexity index is 1450. The molecule has 11 heteroatoms. The average Bonchev–Trinajstić information content (AvgIpc) is 3.59. The molecule has 1 aliphatic heterocycles. The average molecular weight is 589 g/mol. The monoisotopic (exact) mass is 587 g/mol. The van der Waals surface area contributed by atoms with Gasteiger partial charge in [0, 0.05) is 10.2 Å². The van der Waals surface area contributed by atoms with Gasteiger partial charge in [0.15, 0.2) is 10.1 Å². The Hall–Kier alpha value is -2.86. The predicted octanol–water partition coefficient (Wildman–Crippen LogP) is 6.58. The summed E-state index contributed by atoms with van der Waals surface area (Å²) < 4.78 is 15.3. The number of carbonyl (C=O) groups is 2. The van der Waals surface area contributed by atoms with Crippen molar-refractivity contribution in [2.75, 3.05) is 4.90 Å². The first kappa shape index (κ1) is 23.9. The summed E-state index contributed by atoms with van der Waals surface area (Å²) in [6, 6.07) is 16.2. The number of hydrogen-bond acceptors (Lipinski definition) is 8. The molecule has 3 heterocycles. The van der Waals surface area contributed by atoms with E-state index in [1.54, 1.807) is 53.9 Å². The molecule has 0 fully saturated rings. The van der Waals surface area contributed by atoms with E-state index in [9.17, 15) is 19.1 Å². The summed E-state index contributed by atoms with van der Waals surface area (Å²) in [5, 5.41) is 21.1. The van der Waals surface area contributed by atoms with E-state index in [-0.39, 0.29) is 16.5 Å². The maximum absolute atomic E-state index is 14.0. The highest BCUT2D eigenvalue weighted by atomic mass is 79.9. The zero-order valence-electron chi connectivity index (χ0n) is 17.7. The van der Waals surface area contributed by atoms with Gasteiger partial charge in [0.2, 0.25) is 10.9 Å².